The normalized spacial score (nSPS) is 12.2. The number of hydrogen-bond donors (Lipinski definition) is 0. The minimum Gasteiger partial charge on any atom is -0.467 e. The van der Waals surface area contributed by atoms with Crippen LogP contribution in [0.2, 0.25) is 0 Å². The maximum Gasteiger partial charge on any atom is 0.337 e. The maximum atomic E-state index is 13.4. The van der Waals surface area contributed by atoms with Crippen LogP contribution in [0.4, 0.5) is 0 Å². The van der Waals surface area contributed by atoms with Crippen LogP contribution < -0.4 is 5.56 Å². The first-order valence-electron chi connectivity index (χ1n) is 10.2. The average Bonchev–Trinajstić information content (AvgIpc) is 3.62. The summed E-state index contributed by atoms with van der Waals surface area (Å²) in [6.45, 7) is 2.10. The first-order valence-corrected chi connectivity index (χ1v) is 12.0. The molecule has 9 nitrogen and oxygen atoms in total. The minimum atomic E-state index is -0.502. The number of fused-ring (bicyclic) bond motifs is 1. The second kappa shape index (κ2) is 9.27. The van der Waals surface area contributed by atoms with Crippen molar-refractivity contribution in [2.24, 2.45) is 0 Å². The predicted molar refractivity (Wildman–Crippen MR) is 127 cm³/mol. The number of carbonyl (C=O) groups is 1. The molecule has 4 heterocycles. The molecule has 0 aliphatic heterocycles. The minimum absolute atomic E-state index is 0.201. The van der Waals surface area contributed by atoms with E-state index in [1.807, 2.05) is 24.4 Å². The smallest absolute Gasteiger partial charge is 0.337 e. The second-order valence-corrected chi connectivity index (χ2v) is 9.53. The predicted octanol–water partition coefficient (Wildman–Crippen LogP) is 4.79. The molecule has 34 heavy (non-hydrogen) atoms. The van der Waals surface area contributed by atoms with Gasteiger partial charge in [-0.15, -0.1) is 21.5 Å². The van der Waals surface area contributed by atoms with E-state index >= 15 is 0 Å². The maximum absolute atomic E-state index is 13.4. The van der Waals surface area contributed by atoms with Crippen molar-refractivity contribution in [3.63, 3.8) is 0 Å². The molecule has 11 heteroatoms. The van der Waals surface area contributed by atoms with E-state index < -0.39 is 5.97 Å². The van der Waals surface area contributed by atoms with Crippen LogP contribution in [0, 0.1) is 0 Å². The van der Waals surface area contributed by atoms with Gasteiger partial charge >= 0.3 is 5.97 Å². The fourth-order valence-corrected chi connectivity index (χ4v) is 4.92. The van der Waals surface area contributed by atoms with E-state index in [1.165, 1.54) is 34.8 Å². The lowest BCUT2D eigenvalue weighted by Gasteiger charge is -2.14. The van der Waals surface area contributed by atoms with Crippen LogP contribution in [-0.2, 0) is 11.3 Å². The van der Waals surface area contributed by atoms with Crippen molar-refractivity contribution in [2.45, 2.75) is 23.9 Å². The molecule has 4 aromatic heterocycles. The summed E-state index contributed by atoms with van der Waals surface area (Å²) < 4.78 is 17.7. The molecule has 5 aromatic rings. The molecule has 0 amide bonds. The largest absolute Gasteiger partial charge is 0.467 e. The molecule has 1 unspecified atom stereocenters. The van der Waals surface area contributed by atoms with Gasteiger partial charge in [-0.2, -0.15) is 0 Å². The van der Waals surface area contributed by atoms with Crippen LogP contribution in [0.25, 0.3) is 21.7 Å². The highest BCUT2D eigenvalue weighted by atomic mass is 32.2. The fourth-order valence-electron chi connectivity index (χ4n) is 3.34. The van der Waals surface area contributed by atoms with E-state index in [0.717, 1.165) is 4.88 Å². The Morgan fingerprint density at radius 1 is 1.24 bits per heavy atom. The molecule has 0 spiro atoms. The molecule has 1 atom stereocenters. The van der Waals surface area contributed by atoms with Gasteiger partial charge in [0, 0.05) is 0 Å². The Hall–Kier alpha value is -3.70. The summed E-state index contributed by atoms with van der Waals surface area (Å²) in [6.07, 6.45) is 1.55. The molecule has 0 aliphatic rings. The quantitative estimate of drug-likeness (QED) is 0.179. The molecular weight excluding hydrogens is 476 g/mol. The van der Waals surface area contributed by atoms with Gasteiger partial charge in [0.25, 0.3) is 11.4 Å². The van der Waals surface area contributed by atoms with Crippen LogP contribution >= 0.6 is 23.1 Å². The van der Waals surface area contributed by atoms with Gasteiger partial charge in [-0.25, -0.2) is 9.78 Å². The van der Waals surface area contributed by atoms with E-state index in [2.05, 4.69) is 10.2 Å². The number of hydrogen-bond acceptors (Lipinski definition) is 10. The number of thioether (sulfide) groups is 1. The third-order valence-corrected chi connectivity index (χ3v) is 6.97. The molecule has 0 aliphatic carbocycles. The average molecular weight is 495 g/mol. The summed E-state index contributed by atoms with van der Waals surface area (Å²) in [7, 11) is 1.30. The van der Waals surface area contributed by atoms with Crippen LogP contribution in [0.5, 0.6) is 0 Å². The van der Waals surface area contributed by atoms with E-state index in [9.17, 15) is 9.59 Å². The molecule has 5 rings (SSSR count). The molecule has 0 N–H and O–H groups in total. The number of thiophene rings is 1. The zero-order chi connectivity index (χ0) is 23.7. The number of furan rings is 1. The Morgan fingerprint density at radius 2 is 2.12 bits per heavy atom. The fraction of sp³-hybridized carbons (Fsp3) is 0.174. The molecule has 0 fully saturated rings. The van der Waals surface area contributed by atoms with Crippen LogP contribution in [-0.4, -0.2) is 32.8 Å². The monoisotopic (exact) mass is 494 g/mol. The first kappa shape index (κ1) is 22.1. The van der Waals surface area contributed by atoms with Gasteiger partial charge in [-0.05, 0) is 48.7 Å². The highest BCUT2D eigenvalue weighted by Crippen LogP contribution is 2.35. The summed E-state index contributed by atoms with van der Waals surface area (Å²) in [4.78, 5) is 31.0. The van der Waals surface area contributed by atoms with Crippen LogP contribution in [0.1, 0.15) is 34.2 Å². The number of nitrogens with zero attached hydrogens (tertiary/aromatic N) is 4. The van der Waals surface area contributed by atoms with Crippen molar-refractivity contribution >= 4 is 40.0 Å². The number of ether oxygens (including phenoxy) is 1. The molecule has 0 saturated carbocycles. The Labute approximate surface area is 201 Å². The summed E-state index contributed by atoms with van der Waals surface area (Å²) in [5, 5.41) is 10.8. The summed E-state index contributed by atoms with van der Waals surface area (Å²) in [6, 6.07) is 12.1. The lowest BCUT2D eigenvalue weighted by atomic mass is 10.1. The van der Waals surface area contributed by atoms with E-state index in [-0.39, 0.29) is 17.4 Å². The standard InChI is InChI=1S/C23H18N4O5S2/c1-13(19-25-26-20(32-19)18-6-4-10-33-18)34-23-24-17-11-14(22(29)30-2)7-8-16(17)21(28)27(23)12-15-5-3-9-31-15/h3-11,13H,12H2,1-2H3. The van der Waals surface area contributed by atoms with Gasteiger partial charge in [-0.3, -0.25) is 9.36 Å². The Bertz CT molecular complexity index is 1510. The topological polar surface area (TPSA) is 113 Å². The van der Waals surface area contributed by atoms with Gasteiger partial charge in [0.05, 0.1) is 46.5 Å². The van der Waals surface area contributed by atoms with E-state index in [4.69, 9.17) is 18.6 Å². The summed E-state index contributed by atoms with van der Waals surface area (Å²) in [5.74, 6) is 0.968. The Balaban J connectivity index is 1.55. The molecule has 0 radical (unpaired) electrons. The van der Waals surface area contributed by atoms with Crippen molar-refractivity contribution in [1.29, 1.82) is 0 Å². The van der Waals surface area contributed by atoms with Gasteiger partial charge in [0.2, 0.25) is 5.89 Å². The molecule has 0 bridgehead atoms. The SMILES string of the molecule is COC(=O)c1ccc2c(=O)n(Cc3ccco3)c(SC(C)c3nnc(-c4cccs4)o3)nc2c1. The molecule has 1 aromatic carbocycles. The second-order valence-electron chi connectivity index (χ2n) is 7.27. The third-order valence-electron chi connectivity index (χ3n) is 5.04. The number of benzene rings is 1. The zero-order valence-electron chi connectivity index (χ0n) is 18.1. The van der Waals surface area contributed by atoms with E-state index in [1.54, 1.807) is 36.6 Å². The van der Waals surface area contributed by atoms with Crippen molar-refractivity contribution in [1.82, 2.24) is 19.7 Å². The zero-order valence-corrected chi connectivity index (χ0v) is 19.8. The van der Waals surface area contributed by atoms with Crippen molar-refractivity contribution in [2.75, 3.05) is 7.11 Å². The Kier molecular flexibility index (Phi) is 6.03. The molecule has 172 valence electrons. The van der Waals surface area contributed by atoms with Gasteiger partial charge < -0.3 is 13.6 Å². The lowest BCUT2D eigenvalue weighted by Crippen LogP contribution is -2.24. The summed E-state index contributed by atoms with van der Waals surface area (Å²) in [5.41, 5.74) is 0.451. The molecular formula is C23H18N4O5S2. The summed E-state index contributed by atoms with van der Waals surface area (Å²) >= 11 is 2.82. The van der Waals surface area contributed by atoms with Gasteiger partial charge in [0.15, 0.2) is 5.16 Å². The van der Waals surface area contributed by atoms with Gasteiger partial charge in [-0.1, -0.05) is 17.8 Å². The highest BCUT2D eigenvalue weighted by Gasteiger charge is 2.22. The number of carbonyl (C=O) groups excluding carboxylic acids is 1. The van der Waals surface area contributed by atoms with Crippen LogP contribution in [0.3, 0.4) is 0 Å². The van der Waals surface area contributed by atoms with Crippen molar-refractivity contribution in [3.8, 4) is 10.8 Å². The Morgan fingerprint density at radius 3 is 2.85 bits per heavy atom. The lowest BCUT2D eigenvalue weighted by molar-refractivity contribution is 0.0601. The first-order chi connectivity index (χ1) is 16.5. The van der Waals surface area contributed by atoms with Crippen LogP contribution in [0.15, 0.2) is 72.9 Å². The van der Waals surface area contributed by atoms with Crippen molar-refractivity contribution in [3.05, 3.63) is 81.7 Å². The number of aromatic nitrogens is 4. The van der Waals surface area contributed by atoms with Crippen molar-refractivity contribution < 1.29 is 18.4 Å². The number of esters is 1. The third kappa shape index (κ3) is 4.27. The molecule has 0 saturated heterocycles. The number of methoxy groups -OCH3 is 1. The van der Waals surface area contributed by atoms with E-state index in [0.29, 0.717) is 39.2 Å². The number of rotatable bonds is 7. The highest BCUT2D eigenvalue weighted by molar-refractivity contribution is 7.99. The van der Waals surface area contributed by atoms with Gasteiger partial charge in [0.1, 0.15) is 5.76 Å².